The second kappa shape index (κ2) is 5.95. The van der Waals surface area contributed by atoms with E-state index in [4.69, 9.17) is 0 Å². The van der Waals surface area contributed by atoms with E-state index in [1.807, 2.05) is 17.8 Å². The van der Waals surface area contributed by atoms with Crippen molar-refractivity contribution in [2.75, 3.05) is 0 Å². The molecule has 2 aromatic rings. The first-order chi connectivity index (χ1) is 8.43. The highest BCUT2D eigenvalue weighted by Crippen LogP contribution is 2.26. The van der Waals surface area contributed by atoms with Gasteiger partial charge >= 0.3 is 6.18 Å². The van der Waals surface area contributed by atoms with Crippen molar-refractivity contribution >= 4 is 6.29 Å². The summed E-state index contributed by atoms with van der Waals surface area (Å²) < 4.78 is 37.5. The number of carbonyl (C=O) groups is 1. The van der Waals surface area contributed by atoms with Crippen molar-refractivity contribution in [3.63, 3.8) is 0 Å². The Balaban J connectivity index is 0.000000225. The second-order valence-corrected chi connectivity index (χ2v) is 3.32. The average Bonchev–Trinajstić information content (AvgIpc) is 2.80. The van der Waals surface area contributed by atoms with Crippen molar-refractivity contribution in [3.8, 4) is 0 Å². The van der Waals surface area contributed by atoms with E-state index in [2.05, 4.69) is 9.97 Å². The number of pyridine rings is 1. The van der Waals surface area contributed by atoms with Crippen LogP contribution in [-0.4, -0.2) is 20.8 Å². The molecule has 0 N–H and O–H groups in total. The molecule has 2 heterocycles. The zero-order valence-electron chi connectivity index (χ0n) is 9.43. The number of aldehydes is 1. The molecular formula is C11H10F3N3O. The minimum absolute atomic E-state index is 0.128. The summed E-state index contributed by atoms with van der Waals surface area (Å²) in [4.78, 5) is 16.9. The molecule has 0 unspecified atom stereocenters. The minimum Gasteiger partial charge on any atom is -0.341 e. The Morgan fingerprint density at radius 1 is 1.33 bits per heavy atom. The Morgan fingerprint density at radius 2 is 2.06 bits per heavy atom. The van der Waals surface area contributed by atoms with Gasteiger partial charge in [0.25, 0.3) is 0 Å². The summed E-state index contributed by atoms with van der Waals surface area (Å²) in [5.41, 5.74) is -0.865. The van der Waals surface area contributed by atoms with Crippen LogP contribution in [0.5, 0.6) is 0 Å². The number of halogens is 3. The van der Waals surface area contributed by atoms with Crippen LogP contribution in [0.3, 0.4) is 0 Å². The summed E-state index contributed by atoms with van der Waals surface area (Å²) in [6.07, 6.45) is 2.27. The van der Waals surface area contributed by atoms with E-state index in [0.29, 0.717) is 6.29 Å². The highest BCUT2D eigenvalue weighted by Gasteiger charge is 2.31. The van der Waals surface area contributed by atoms with Gasteiger partial charge in [-0.15, -0.1) is 0 Å². The molecule has 0 radical (unpaired) electrons. The lowest BCUT2D eigenvalue weighted by atomic mass is 10.3. The number of alkyl halides is 3. The molecule has 0 saturated heterocycles. The normalized spacial score (nSPS) is 10.4. The lowest BCUT2D eigenvalue weighted by Gasteiger charge is -2.03. The van der Waals surface area contributed by atoms with Gasteiger partial charge in [0.15, 0.2) is 6.29 Å². The number of aromatic nitrogens is 3. The molecule has 18 heavy (non-hydrogen) atoms. The van der Waals surface area contributed by atoms with Gasteiger partial charge in [0.2, 0.25) is 0 Å². The maximum Gasteiger partial charge on any atom is 0.433 e. The summed E-state index contributed by atoms with van der Waals surface area (Å²) in [6.45, 7) is 0. The predicted molar refractivity (Wildman–Crippen MR) is 57.8 cm³/mol. The van der Waals surface area contributed by atoms with Crippen LogP contribution in [-0.2, 0) is 13.2 Å². The number of hydrogen-bond donors (Lipinski definition) is 0. The van der Waals surface area contributed by atoms with E-state index in [9.17, 15) is 18.0 Å². The van der Waals surface area contributed by atoms with Gasteiger partial charge in [-0.3, -0.25) is 9.78 Å². The molecule has 0 spiro atoms. The average molecular weight is 257 g/mol. The molecule has 0 aliphatic rings. The van der Waals surface area contributed by atoms with Crippen LogP contribution < -0.4 is 0 Å². The SMILES string of the molecule is Cn1ccnc1.O=Cc1ccc(C(F)(F)F)nc1. The van der Waals surface area contributed by atoms with Gasteiger partial charge in [0, 0.05) is 31.2 Å². The summed E-state index contributed by atoms with van der Waals surface area (Å²) in [5.74, 6) is 0. The van der Waals surface area contributed by atoms with Crippen LogP contribution in [0.25, 0.3) is 0 Å². The molecule has 2 rings (SSSR count). The van der Waals surface area contributed by atoms with Crippen molar-refractivity contribution in [2.24, 2.45) is 7.05 Å². The van der Waals surface area contributed by atoms with E-state index >= 15 is 0 Å². The molecule has 0 saturated carbocycles. The monoisotopic (exact) mass is 257 g/mol. The number of hydrogen-bond acceptors (Lipinski definition) is 3. The molecule has 0 amide bonds. The molecule has 0 bridgehead atoms. The number of imidazole rings is 1. The molecular weight excluding hydrogens is 247 g/mol. The summed E-state index contributed by atoms with van der Waals surface area (Å²) in [6, 6.07) is 1.84. The molecule has 0 aliphatic heterocycles. The second-order valence-electron chi connectivity index (χ2n) is 3.32. The smallest absolute Gasteiger partial charge is 0.341 e. The van der Waals surface area contributed by atoms with Crippen molar-refractivity contribution in [2.45, 2.75) is 6.18 Å². The Morgan fingerprint density at radius 3 is 2.33 bits per heavy atom. The topological polar surface area (TPSA) is 47.8 Å². The Hall–Kier alpha value is -2.18. The Kier molecular flexibility index (Phi) is 4.59. The van der Waals surface area contributed by atoms with Crippen molar-refractivity contribution in [1.29, 1.82) is 0 Å². The lowest BCUT2D eigenvalue weighted by Crippen LogP contribution is -2.07. The number of nitrogens with zero attached hydrogens (tertiary/aromatic N) is 3. The predicted octanol–water partition coefficient (Wildman–Crippen LogP) is 2.33. The van der Waals surface area contributed by atoms with Crippen molar-refractivity contribution in [1.82, 2.24) is 14.5 Å². The highest BCUT2D eigenvalue weighted by molar-refractivity contribution is 5.73. The Bertz CT molecular complexity index is 477. The third kappa shape index (κ3) is 4.36. The zero-order valence-corrected chi connectivity index (χ0v) is 9.43. The maximum atomic E-state index is 11.9. The number of carbonyl (C=O) groups excluding carboxylic acids is 1. The molecule has 0 fully saturated rings. The summed E-state index contributed by atoms with van der Waals surface area (Å²) >= 11 is 0. The van der Waals surface area contributed by atoms with E-state index < -0.39 is 11.9 Å². The van der Waals surface area contributed by atoms with Gasteiger partial charge in [0.1, 0.15) is 5.69 Å². The van der Waals surface area contributed by atoms with Crippen LogP contribution >= 0.6 is 0 Å². The lowest BCUT2D eigenvalue weighted by molar-refractivity contribution is -0.141. The van der Waals surface area contributed by atoms with Gasteiger partial charge in [-0.25, -0.2) is 4.98 Å². The van der Waals surface area contributed by atoms with Gasteiger partial charge in [0.05, 0.1) is 6.33 Å². The summed E-state index contributed by atoms with van der Waals surface area (Å²) in [5, 5.41) is 0. The number of rotatable bonds is 1. The summed E-state index contributed by atoms with van der Waals surface area (Å²) in [7, 11) is 1.94. The van der Waals surface area contributed by atoms with Crippen LogP contribution in [0.4, 0.5) is 13.2 Å². The van der Waals surface area contributed by atoms with Crippen LogP contribution in [0, 0.1) is 0 Å². The fourth-order valence-corrected chi connectivity index (χ4v) is 0.968. The molecule has 0 aliphatic carbocycles. The largest absolute Gasteiger partial charge is 0.433 e. The quantitative estimate of drug-likeness (QED) is 0.737. The van der Waals surface area contributed by atoms with Crippen LogP contribution in [0.15, 0.2) is 37.1 Å². The first kappa shape index (κ1) is 13.9. The molecule has 0 atom stereocenters. The third-order valence-electron chi connectivity index (χ3n) is 1.85. The third-order valence-corrected chi connectivity index (χ3v) is 1.85. The minimum atomic E-state index is -4.44. The standard InChI is InChI=1S/C7H4F3NO.C4H6N2/c8-7(9,10)6-2-1-5(4-12)3-11-6;1-6-3-2-5-4-6/h1-4H;2-4H,1H3. The molecule has 7 heteroatoms. The van der Waals surface area contributed by atoms with Gasteiger partial charge in [-0.1, -0.05) is 0 Å². The first-order valence-corrected chi connectivity index (χ1v) is 4.84. The van der Waals surface area contributed by atoms with Gasteiger partial charge < -0.3 is 4.57 Å². The highest BCUT2D eigenvalue weighted by atomic mass is 19.4. The van der Waals surface area contributed by atoms with Crippen LogP contribution in [0.2, 0.25) is 0 Å². The first-order valence-electron chi connectivity index (χ1n) is 4.84. The van der Waals surface area contributed by atoms with E-state index in [-0.39, 0.29) is 5.56 Å². The fourth-order valence-electron chi connectivity index (χ4n) is 0.968. The zero-order chi connectivity index (χ0) is 13.6. The van der Waals surface area contributed by atoms with E-state index in [0.717, 1.165) is 18.3 Å². The maximum absolute atomic E-state index is 11.9. The van der Waals surface area contributed by atoms with Gasteiger partial charge in [-0.05, 0) is 12.1 Å². The number of aryl methyl sites for hydroxylation is 1. The Labute approximate surface area is 101 Å². The molecule has 96 valence electrons. The molecule has 0 aromatic carbocycles. The van der Waals surface area contributed by atoms with Gasteiger partial charge in [-0.2, -0.15) is 13.2 Å². The van der Waals surface area contributed by atoms with Crippen LogP contribution in [0.1, 0.15) is 16.1 Å². The van der Waals surface area contributed by atoms with E-state index in [1.54, 1.807) is 12.5 Å². The molecule has 2 aromatic heterocycles. The van der Waals surface area contributed by atoms with Crippen molar-refractivity contribution < 1.29 is 18.0 Å². The van der Waals surface area contributed by atoms with E-state index in [1.165, 1.54) is 0 Å². The van der Waals surface area contributed by atoms with Crippen molar-refractivity contribution in [3.05, 3.63) is 48.3 Å². The fraction of sp³-hybridized carbons (Fsp3) is 0.182. The molecule has 4 nitrogen and oxygen atoms in total.